The molecule has 0 aromatic heterocycles. The SMILES string of the molecule is COc1ccc(OC)c(NC2=C(Cl)C(=O)N(c3ccc(F)c(Cl)c3)C2=O)c1. The molecule has 27 heavy (non-hydrogen) atoms. The number of rotatable bonds is 5. The van der Waals surface area contributed by atoms with Crippen LogP contribution in [0.3, 0.4) is 0 Å². The number of hydrogen-bond acceptors (Lipinski definition) is 5. The number of imide groups is 1. The van der Waals surface area contributed by atoms with E-state index in [1.54, 1.807) is 18.2 Å². The molecule has 140 valence electrons. The summed E-state index contributed by atoms with van der Waals surface area (Å²) in [6.07, 6.45) is 0. The zero-order valence-corrected chi connectivity index (χ0v) is 15.7. The first-order chi connectivity index (χ1) is 12.9. The number of methoxy groups -OCH3 is 2. The summed E-state index contributed by atoms with van der Waals surface area (Å²) >= 11 is 11.8. The highest BCUT2D eigenvalue weighted by Crippen LogP contribution is 2.35. The van der Waals surface area contributed by atoms with Crippen molar-refractivity contribution in [3.63, 3.8) is 0 Å². The van der Waals surface area contributed by atoms with Crippen LogP contribution in [0, 0.1) is 5.82 Å². The van der Waals surface area contributed by atoms with Crippen LogP contribution in [0.1, 0.15) is 0 Å². The van der Waals surface area contributed by atoms with Gasteiger partial charge in [-0.05, 0) is 30.3 Å². The van der Waals surface area contributed by atoms with Crippen LogP contribution in [-0.2, 0) is 9.59 Å². The molecule has 3 rings (SSSR count). The van der Waals surface area contributed by atoms with Crippen LogP contribution in [0.5, 0.6) is 11.5 Å². The van der Waals surface area contributed by atoms with Crippen LogP contribution in [-0.4, -0.2) is 26.0 Å². The minimum atomic E-state index is -0.756. The maximum absolute atomic E-state index is 13.4. The van der Waals surface area contributed by atoms with Crippen molar-refractivity contribution in [3.05, 3.63) is 58.0 Å². The number of benzene rings is 2. The molecule has 0 radical (unpaired) electrons. The number of ether oxygens (including phenoxy) is 2. The molecule has 1 aliphatic rings. The standard InChI is InChI=1S/C18H13Cl2FN2O4/c1-26-10-4-6-14(27-2)13(8-10)22-16-15(20)17(24)23(18(16)25)9-3-5-12(21)11(19)7-9/h3-8,22H,1-2H3. The Morgan fingerprint density at radius 1 is 1.00 bits per heavy atom. The monoisotopic (exact) mass is 410 g/mol. The Balaban J connectivity index is 1.96. The maximum Gasteiger partial charge on any atom is 0.283 e. The number of hydrogen-bond donors (Lipinski definition) is 1. The maximum atomic E-state index is 13.4. The molecule has 0 saturated heterocycles. The molecule has 2 amide bonds. The van der Waals surface area contributed by atoms with Crippen molar-refractivity contribution >= 4 is 46.4 Å². The van der Waals surface area contributed by atoms with Gasteiger partial charge < -0.3 is 14.8 Å². The highest BCUT2D eigenvalue weighted by molar-refractivity contribution is 6.53. The first-order valence-electron chi connectivity index (χ1n) is 7.60. The lowest BCUT2D eigenvalue weighted by Crippen LogP contribution is -2.32. The van der Waals surface area contributed by atoms with E-state index in [4.69, 9.17) is 32.7 Å². The summed E-state index contributed by atoms with van der Waals surface area (Å²) in [5.41, 5.74) is 0.336. The fraction of sp³-hybridized carbons (Fsp3) is 0.111. The molecule has 1 N–H and O–H groups in total. The van der Waals surface area contributed by atoms with Gasteiger partial charge in [-0.1, -0.05) is 23.2 Å². The van der Waals surface area contributed by atoms with Gasteiger partial charge >= 0.3 is 0 Å². The van der Waals surface area contributed by atoms with Crippen molar-refractivity contribution in [1.29, 1.82) is 0 Å². The largest absolute Gasteiger partial charge is 0.497 e. The molecule has 9 heteroatoms. The Morgan fingerprint density at radius 3 is 2.37 bits per heavy atom. The summed E-state index contributed by atoms with van der Waals surface area (Å²) in [4.78, 5) is 26.1. The predicted molar refractivity (Wildman–Crippen MR) is 100.0 cm³/mol. The van der Waals surface area contributed by atoms with Gasteiger partial charge in [0.15, 0.2) is 0 Å². The van der Waals surface area contributed by atoms with Crippen LogP contribution < -0.4 is 19.7 Å². The van der Waals surface area contributed by atoms with Gasteiger partial charge in [0.2, 0.25) is 0 Å². The summed E-state index contributed by atoms with van der Waals surface area (Å²) in [6, 6.07) is 8.39. The fourth-order valence-corrected chi connectivity index (χ4v) is 2.90. The number of carbonyl (C=O) groups is 2. The van der Waals surface area contributed by atoms with Crippen LogP contribution >= 0.6 is 23.2 Å². The highest BCUT2D eigenvalue weighted by Gasteiger charge is 2.39. The summed E-state index contributed by atoms with van der Waals surface area (Å²) in [6.45, 7) is 0. The molecule has 2 aromatic rings. The third kappa shape index (κ3) is 3.43. The normalized spacial score (nSPS) is 14.0. The molecule has 6 nitrogen and oxygen atoms in total. The first kappa shape index (κ1) is 19.0. The van der Waals surface area contributed by atoms with E-state index in [9.17, 15) is 14.0 Å². The summed E-state index contributed by atoms with van der Waals surface area (Å²) in [5, 5.41) is 2.28. The molecule has 0 fully saturated rings. The van der Waals surface area contributed by atoms with Crippen molar-refractivity contribution < 1.29 is 23.5 Å². The van der Waals surface area contributed by atoms with Gasteiger partial charge in [-0.25, -0.2) is 9.29 Å². The van der Waals surface area contributed by atoms with E-state index in [0.29, 0.717) is 17.2 Å². The Kier molecular flexibility index (Phi) is 5.25. The van der Waals surface area contributed by atoms with E-state index in [1.807, 2.05) is 0 Å². The molecular weight excluding hydrogens is 398 g/mol. The minimum absolute atomic E-state index is 0.101. The zero-order chi connectivity index (χ0) is 19.7. The zero-order valence-electron chi connectivity index (χ0n) is 14.2. The third-order valence-corrected chi connectivity index (χ3v) is 4.50. The van der Waals surface area contributed by atoms with Gasteiger partial charge in [0.25, 0.3) is 11.8 Å². The van der Waals surface area contributed by atoms with Crippen molar-refractivity contribution in [2.75, 3.05) is 24.4 Å². The smallest absolute Gasteiger partial charge is 0.283 e. The quantitative estimate of drug-likeness (QED) is 0.756. The van der Waals surface area contributed by atoms with Gasteiger partial charge in [-0.3, -0.25) is 9.59 Å². The molecule has 0 spiro atoms. The van der Waals surface area contributed by atoms with Crippen LogP contribution in [0.2, 0.25) is 5.02 Å². The number of carbonyl (C=O) groups excluding carboxylic acids is 2. The Hall–Kier alpha value is -2.77. The first-order valence-corrected chi connectivity index (χ1v) is 8.35. The van der Waals surface area contributed by atoms with Gasteiger partial charge in [-0.15, -0.1) is 0 Å². The minimum Gasteiger partial charge on any atom is -0.497 e. The van der Waals surface area contributed by atoms with Gasteiger partial charge in [0.05, 0.1) is 30.6 Å². The van der Waals surface area contributed by atoms with E-state index in [1.165, 1.54) is 26.4 Å². The predicted octanol–water partition coefficient (Wildman–Crippen LogP) is 3.93. The van der Waals surface area contributed by atoms with E-state index in [-0.39, 0.29) is 21.4 Å². The molecule has 2 aromatic carbocycles. The molecule has 0 bridgehead atoms. The Bertz CT molecular complexity index is 978. The number of nitrogens with one attached hydrogen (secondary N) is 1. The average molecular weight is 411 g/mol. The molecule has 0 aliphatic carbocycles. The van der Waals surface area contributed by atoms with Crippen LogP contribution in [0.15, 0.2) is 47.1 Å². The number of halogens is 3. The second-order valence-electron chi connectivity index (χ2n) is 5.42. The summed E-state index contributed by atoms with van der Waals surface area (Å²) < 4.78 is 23.8. The van der Waals surface area contributed by atoms with E-state index in [0.717, 1.165) is 11.0 Å². The lowest BCUT2D eigenvalue weighted by molar-refractivity contribution is -0.120. The van der Waals surface area contributed by atoms with Crippen LogP contribution in [0.4, 0.5) is 15.8 Å². The van der Waals surface area contributed by atoms with Gasteiger partial charge in [-0.2, -0.15) is 0 Å². The molecule has 0 atom stereocenters. The molecule has 1 aliphatic heterocycles. The number of anilines is 2. The lowest BCUT2D eigenvalue weighted by atomic mass is 10.2. The summed E-state index contributed by atoms with van der Waals surface area (Å²) in [7, 11) is 2.94. The van der Waals surface area contributed by atoms with Crippen LogP contribution in [0.25, 0.3) is 0 Å². The Labute approximate surface area is 164 Å². The summed E-state index contributed by atoms with van der Waals surface area (Å²) in [5.74, 6) is -1.21. The topological polar surface area (TPSA) is 67.9 Å². The Morgan fingerprint density at radius 2 is 1.74 bits per heavy atom. The number of amides is 2. The molecule has 0 unspecified atom stereocenters. The van der Waals surface area contributed by atoms with Crippen molar-refractivity contribution in [3.8, 4) is 11.5 Å². The van der Waals surface area contributed by atoms with Crippen molar-refractivity contribution in [2.24, 2.45) is 0 Å². The molecular formula is C18H13Cl2FN2O4. The van der Waals surface area contributed by atoms with E-state index < -0.39 is 17.6 Å². The average Bonchev–Trinajstić information content (AvgIpc) is 2.87. The van der Waals surface area contributed by atoms with E-state index in [2.05, 4.69) is 5.32 Å². The third-order valence-electron chi connectivity index (χ3n) is 3.86. The molecule has 0 saturated carbocycles. The van der Waals surface area contributed by atoms with Crippen molar-refractivity contribution in [2.45, 2.75) is 0 Å². The molecule has 1 heterocycles. The van der Waals surface area contributed by atoms with Gasteiger partial charge in [0.1, 0.15) is 28.0 Å². The second kappa shape index (κ2) is 7.46. The lowest BCUT2D eigenvalue weighted by Gasteiger charge is -2.16. The fourth-order valence-electron chi connectivity index (χ4n) is 2.52. The second-order valence-corrected chi connectivity index (χ2v) is 6.21. The van der Waals surface area contributed by atoms with E-state index >= 15 is 0 Å². The number of nitrogens with zero attached hydrogens (tertiary/aromatic N) is 1. The highest BCUT2D eigenvalue weighted by atomic mass is 35.5. The van der Waals surface area contributed by atoms with Gasteiger partial charge in [0, 0.05) is 6.07 Å². The van der Waals surface area contributed by atoms with Crippen molar-refractivity contribution in [1.82, 2.24) is 0 Å².